The van der Waals surface area contributed by atoms with Gasteiger partial charge in [0.1, 0.15) is 0 Å². The third-order valence-electron chi connectivity index (χ3n) is 3.36. The lowest BCUT2D eigenvalue weighted by Gasteiger charge is -2.18. The van der Waals surface area contributed by atoms with E-state index in [1.54, 1.807) is 32.2 Å². The van der Waals surface area contributed by atoms with E-state index in [1.165, 1.54) is 0 Å². The van der Waals surface area contributed by atoms with E-state index in [0.717, 1.165) is 5.56 Å². The van der Waals surface area contributed by atoms with Crippen molar-refractivity contribution in [3.05, 3.63) is 69.7 Å². The first kappa shape index (κ1) is 14.9. The highest BCUT2D eigenvalue weighted by Crippen LogP contribution is 2.25. The Kier molecular flexibility index (Phi) is 4.73. The van der Waals surface area contributed by atoms with E-state index in [1.807, 2.05) is 18.2 Å². The lowest BCUT2D eigenvalue weighted by Crippen LogP contribution is -2.20. The molecule has 1 unspecified atom stereocenters. The Hall–Kier alpha value is -1.45. The van der Waals surface area contributed by atoms with Crippen LogP contribution in [0.2, 0.25) is 5.02 Å². The molecule has 0 bridgehead atoms. The number of benzene rings is 2. The third kappa shape index (κ3) is 3.17. The second kappa shape index (κ2) is 6.33. The summed E-state index contributed by atoms with van der Waals surface area (Å²) in [6.45, 7) is 1.55. The van der Waals surface area contributed by atoms with E-state index in [9.17, 15) is 8.78 Å². The molecule has 106 valence electrons. The zero-order valence-electron chi connectivity index (χ0n) is 11.4. The molecular formula is C16H16ClF2N. The van der Waals surface area contributed by atoms with Crippen LogP contribution in [0.25, 0.3) is 0 Å². The molecule has 0 aliphatic carbocycles. The highest BCUT2D eigenvalue weighted by Gasteiger charge is 2.18. The number of hydrogen-bond donors (Lipinski definition) is 1. The fourth-order valence-corrected chi connectivity index (χ4v) is 2.41. The number of halogens is 3. The number of hydrogen-bond acceptors (Lipinski definition) is 1. The molecule has 0 aromatic heterocycles. The first-order chi connectivity index (χ1) is 9.52. The summed E-state index contributed by atoms with van der Waals surface area (Å²) in [5.74, 6) is -1.57. The Morgan fingerprint density at radius 3 is 2.55 bits per heavy atom. The minimum atomic E-state index is -0.786. The molecule has 0 spiro atoms. The maximum absolute atomic E-state index is 14.0. The van der Waals surface area contributed by atoms with Crippen LogP contribution in [0.15, 0.2) is 36.4 Å². The Morgan fingerprint density at radius 1 is 1.15 bits per heavy atom. The van der Waals surface area contributed by atoms with Crippen LogP contribution in [0.1, 0.15) is 22.7 Å². The first-order valence-corrected chi connectivity index (χ1v) is 6.77. The van der Waals surface area contributed by atoms with E-state index >= 15 is 0 Å². The van der Waals surface area contributed by atoms with Crippen molar-refractivity contribution in [2.24, 2.45) is 0 Å². The van der Waals surface area contributed by atoms with Gasteiger partial charge in [0, 0.05) is 16.6 Å². The van der Waals surface area contributed by atoms with Crippen LogP contribution in [0.4, 0.5) is 8.78 Å². The third-order valence-corrected chi connectivity index (χ3v) is 3.59. The van der Waals surface area contributed by atoms with E-state index in [4.69, 9.17) is 11.6 Å². The molecule has 1 N–H and O–H groups in total. The zero-order chi connectivity index (χ0) is 14.7. The van der Waals surface area contributed by atoms with Gasteiger partial charge in [-0.15, -0.1) is 0 Å². The largest absolute Gasteiger partial charge is 0.313 e. The van der Waals surface area contributed by atoms with Gasteiger partial charge in [-0.05, 0) is 43.7 Å². The van der Waals surface area contributed by atoms with Gasteiger partial charge in [-0.1, -0.05) is 35.9 Å². The molecule has 2 aromatic carbocycles. The van der Waals surface area contributed by atoms with Gasteiger partial charge >= 0.3 is 0 Å². The van der Waals surface area contributed by atoms with Crippen molar-refractivity contribution < 1.29 is 8.78 Å². The SMILES string of the molecule is CNC(Cc1cccc(Cl)c1)c1ccc(C)c(F)c1F. The Labute approximate surface area is 122 Å². The number of rotatable bonds is 4. The van der Waals surface area contributed by atoms with Gasteiger partial charge in [-0.25, -0.2) is 8.78 Å². The number of likely N-dealkylation sites (N-methyl/N-ethyl adjacent to an activating group) is 1. The molecule has 2 aromatic rings. The highest BCUT2D eigenvalue weighted by atomic mass is 35.5. The molecule has 1 nitrogen and oxygen atoms in total. The normalized spacial score (nSPS) is 12.4. The molecule has 0 saturated heterocycles. The number of nitrogens with one attached hydrogen (secondary N) is 1. The van der Waals surface area contributed by atoms with Crippen LogP contribution in [-0.2, 0) is 6.42 Å². The molecule has 1 atom stereocenters. The van der Waals surface area contributed by atoms with Crippen molar-refractivity contribution in [3.63, 3.8) is 0 Å². The molecule has 2 rings (SSSR count). The van der Waals surface area contributed by atoms with Crippen molar-refractivity contribution in [1.82, 2.24) is 5.32 Å². The first-order valence-electron chi connectivity index (χ1n) is 6.39. The van der Waals surface area contributed by atoms with Gasteiger partial charge in [0.2, 0.25) is 0 Å². The van der Waals surface area contributed by atoms with Crippen molar-refractivity contribution in [2.75, 3.05) is 7.05 Å². The molecule has 0 heterocycles. The summed E-state index contributed by atoms with van der Waals surface area (Å²) in [6, 6.07) is 10.3. The quantitative estimate of drug-likeness (QED) is 0.880. The maximum Gasteiger partial charge on any atom is 0.163 e. The predicted octanol–water partition coefficient (Wildman–Crippen LogP) is 4.43. The average Bonchev–Trinajstić information content (AvgIpc) is 2.43. The summed E-state index contributed by atoms with van der Waals surface area (Å²) in [4.78, 5) is 0. The van der Waals surface area contributed by atoms with Crippen LogP contribution in [-0.4, -0.2) is 7.05 Å². The molecular weight excluding hydrogens is 280 g/mol. The van der Waals surface area contributed by atoms with Crippen LogP contribution < -0.4 is 5.32 Å². The van der Waals surface area contributed by atoms with E-state index in [2.05, 4.69) is 5.32 Å². The van der Waals surface area contributed by atoms with E-state index in [0.29, 0.717) is 22.6 Å². The van der Waals surface area contributed by atoms with Crippen molar-refractivity contribution in [1.29, 1.82) is 0 Å². The van der Waals surface area contributed by atoms with Gasteiger partial charge < -0.3 is 5.32 Å². The van der Waals surface area contributed by atoms with Gasteiger partial charge in [-0.2, -0.15) is 0 Å². The summed E-state index contributed by atoms with van der Waals surface area (Å²) >= 11 is 5.94. The van der Waals surface area contributed by atoms with Crippen molar-refractivity contribution in [2.45, 2.75) is 19.4 Å². The monoisotopic (exact) mass is 295 g/mol. The summed E-state index contributed by atoms with van der Waals surface area (Å²) in [5.41, 5.74) is 1.61. The summed E-state index contributed by atoms with van der Waals surface area (Å²) in [5, 5.41) is 3.66. The number of aryl methyl sites for hydroxylation is 1. The van der Waals surface area contributed by atoms with Crippen molar-refractivity contribution in [3.8, 4) is 0 Å². The van der Waals surface area contributed by atoms with Crippen LogP contribution in [0.5, 0.6) is 0 Å². The van der Waals surface area contributed by atoms with E-state index < -0.39 is 11.6 Å². The van der Waals surface area contributed by atoms with Crippen LogP contribution in [0.3, 0.4) is 0 Å². The second-order valence-electron chi connectivity index (χ2n) is 4.77. The smallest absolute Gasteiger partial charge is 0.163 e. The standard InChI is InChI=1S/C16H16ClF2N/c1-10-6-7-13(16(19)15(10)18)14(20-2)9-11-4-3-5-12(17)8-11/h3-8,14,20H,9H2,1-2H3. The summed E-state index contributed by atoms with van der Waals surface area (Å²) in [7, 11) is 1.73. The molecule has 4 heteroatoms. The molecule has 0 aliphatic rings. The summed E-state index contributed by atoms with van der Waals surface area (Å²) in [6.07, 6.45) is 0.538. The topological polar surface area (TPSA) is 12.0 Å². The lowest BCUT2D eigenvalue weighted by molar-refractivity contribution is 0.469. The molecule has 0 fully saturated rings. The Bertz CT molecular complexity index is 613. The maximum atomic E-state index is 14.0. The minimum absolute atomic E-state index is 0.302. The van der Waals surface area contributed by atoms with E-state index in [-0.39, 0.29) is 6.04 Å². The molecule has 0 amide bonds. The molecule has 0 radical (unpaired) electrons. The Morgan fingerprint density at radius 2 is 1.90 bits per heavy atom. The van der Waals surface area contributed by atoms with Crippen LogP contribution >= 0.6 is 11.6 Å². The van der Waals surface area contributed by atoms with Gasteiger partial charge in [0.25, 0.3) is 0 Å². The molecule has 0 saturated carbocycles. The molecule has 20 heavy (non-hydrogen) atoms. The van der Waals surface area contributed by atoms with Gasteiger partial charge in [-0.3, -0.25) is 0 Å². The average molecular weight is 296 g/mol. The Balaban J connectivity index is 2.31. The van der Waals surface area contributed by atoms with Gasteiger partial charge in [0.15, 0.2) is 11.6 Å². The lowest BCUT2D eigenvalue weighted by atomic mass is 9.97. The fourth-order valence-electron chi connectivity index (χ4n) is 2.20. The zero-order valence-corrected chi connectivity index (χ0v) is 12.1. The second-order valence-corrected chi connectivity index (χ2v) is 5.21. The minimum Gasteiger partial charge on any atom is -0.313 e. The van der Waals surface area contributed by atoms with Crippen LogP contribution in [0, 0.1) is 18.6 Å². The summed E-state index contributed by atoms with van der Waals surface area (Å²) < 4.78 is 27.7. The van der Waals surface area contributed by atoms with Crippen molar-refractivity contribution >= 4 is 11.6 Å². The van der Waals surface area contributed by atoms with Gasteiger partial charge in [0.05, 0.1) is 0 Å². The predicted molar refractivity (Wildman–Crippen MR) is 78.1 cm³/mol. The molecule has 0 aliphatic heterocycles. The fraction of sp³-hybridized carbons (Fsp3) is 0.250. The highest BCUT2D eigenvalue weighted by molar-refractivity contribution is 6.30.